The molecule has 1 unspecified atom stereocenters. The Morgan fingerprint density at radius 3 is 2.47 bits per heavy atom. The van der Waals surface area contributed by atoms with E-state index in [-0.39, 0.29) is 6.04 Å². The molecule has 0 heterocycles. The van der Waals surface area contributed by atoms with Crippen molar-refractivity contribution in [1.29, 1.82) is 0 Å². The lowest BCUT2D eigenvalue weighted by Crippen LogP contribution is -2.07. The summed E-state index contributed by atoms with van der Waals surface area (Å²) >= 11 is 9.24. The Labute approximate surface area is 123 Å². The van der Waals surface area contributed by atoms with Crippen molar-refractivity contribution in [2.75, 3.05) is 5.32 Å². The Morgan fingerprint density at radius 2 is 1.84 bits per heavy atom. The lowest BCUT2D eigenvalue weighted by molar-refractivity contribution is 0.506. The predicted molar refractivity (Wildman–Crippen MR) is 77.5 cm³/mol. The fourth-order valence-corrected chi connectivity index (χ4v) is 2.20. The highest BCUT2D eigenvalue weighted by Gasteiger charge is 2.09. The van der Waals surface area contributed by atoms with Crippen LogP contribution >= 0.6 is 27.5 Å². The van der Waals surface area contributed by atoms with Crippen LogP contribution < -0.4 is 5.32 Å². The summed E-state index contributed by atoms with van der Waals surface area (Å²) in [7, 11) is 0. The maximum Gasteiger partial charge on any atom is 0.159 e. The first-order valence-corrected chi connectivity index (χ1v) is 6.81. The summed E-state index contributed by atoms with van der Waals surface area (Å²) in [6.07, 6.45) is 0. The molecular weight excluding hydrogens is 336 g/mol. The predicted octanol–water partition coefficient (Wildman–Crippen LogP) is 5.55. The topological polar surface area (TPSA) is 12.0 Å². The zero-order chi connectivity index (χ0) is 14.0. The molecule has 0 radical (unpaired) electrons. The molecule has 2 aromatic carbocycles. The Kier molecular flexibility index (Phi) is 4.42. The van der Waals surface area contributed by atoms with E-state index in [9.17, 15) is 8.78 Å². The minimum Gasteiger partial charge on any atom is -0.378 e. The van der Waals surface area contributed by atoms with Gasteiger partial charge < -0.3 is 5.32 Å². The van der Waals surface area contributed by atoms with E-state index >= 15 is 0 Å². The Hall–Kier alpha value is -1.13. The van der Waals surface area contributed by atoms with Gasteiger partial charge in [-0.25, -0.2) is 8.78 Å². The van der Waals surface area contributed by atoms with E-state index in [1.807, 2.05) is 19.1 Å². The third-order valence-electron chi connectivity index (χ3n) is 2.75. The zero-order valence-electron chi connectivity index (χ0n) is 10.1. The molecule has 0 fully saturated rings. The van der Waals surface area contributed by atoms with Gasteiger partial charge in [-0.3, -0.25) is 0 Å². The van der Waals surface area contributed by atoms with Crippen molar-refractivity contribution >= 4 is 33.2 Å². The minimum atomic E-state index is -0.844. The average Bonchev–Trinajstić information content (AvgIpc) is 2.37. The van der Waals surface area contributed by atoms with Gasteiger partial charge in [0.05, 0.1) is 5.02 Å². The first-order valence-electron chi connectivity index (χ1n) is 5.64. The summed E-state index contributed by atoms with van der Waals surface area (Å²) in [6.45, 7) is 1.87. The normalized spacial score (nSPS) is 12.3. The molecule has 0 bridgehead atoms. The van der Waals surface area contributed by atoms with Crippen LogP contribution in [0.1, 0.15) is 18.5 Å². The van der Waals surface area contributed by atoms with Crippen molar-refractivity contribution in [3.05, 3.63) is 63.1 Å². The van der Waals surface area contributed by atoms with Crippen molar-refractivity contribution in [3.63, 3.8) is 0 Å². The summed E-state index contributed by atoms with van der Waals surface area (Å²) in [4.78, 5) is 0. The summed E-state index contributed by atoms with van der Waals surface area (Å²) < 4.78 is 26.8. The van der Waals surface area contributed by atoms with Crippen LogP contribution in [0.2, 0.25) is 5.02 Å². The van der Waals surface area contributed by atoms with Crippen molar-refractivity contribution < 1.29 is 8.78 Å². The van der Waals surface area contributed by atoms with Crippen molar-refractivity contribution in [2.24, 2.45) is 0 Å². The van der Waals surface area contributed by atoms with Gasteiger partial charge in [-0.15, -0.1) is 0 Å². The van der Waals surface area contributed by atoms with Crippen LogP contribution in [0, 0.1) is 11.6 Å². The number of hydrogen-bond acceptors (Lipinski definition) is 1. The van der Waals surface area contributed by atoms with Crippen molar-refractivity contribution in [3.8, 4) is 0 Å². The molecular formula is C14H11BrClF2N. The van der Waals surface area contributed by atoms with Gasteiger partial charge in [-0.05, 0) is 58.7 Å². The molecule has 5 heteroatoms. The highest BCUT2D eigenvalue weighted by Crippen LogP contribution is 2.28. The van der Waals surface area contributed by atoms with Crippen LogP contribution in [0.25, 0.3) is 0 Å². The monoisotopic (exact) mass is 345 g/mol. The number of rotatable bonds is 3. The third-order valence-corrected chi connectivity index (χ3v) is 3.96. The second kappa shape index (κ2) is 5.88. The Morgan fingerprint density at radius 1 is 1.11 bits per heavy atom. The number of nitrogens with one attached hydrogen (secondary N) is 1. The molecule has 0 amide bonds. The van der Waals surface area contributed by atoms with Gasteiger partial charge in [0.25, 0.3) is 0 Å². The maximum atomic E-state index is 13.2. The van der Waals surface area contributed by atoms with E-state index in [0.717, 1.165) is 16.2 Å². The van der Waals surface area contributed by atoms with E-state index < -0.39 is 11.6 Å². The highest BCUT2D eigenvalue weighted by molar-refractivity contribution is 9.10. The first kappa shape index (κ1) is 14.3. The van der Waals surface area contributed by atoms with Crippen LogP contribution in [-0.4, -0.2) is 0 Å². The van der Waals surface area contributed by atoms with Crippen LogP contribution in [0.15, 0.2) is 40.9 Å². The van der Waals surface area contributed by atoms with Gasteiger partial charge in [-0.2, -0.15) is 0 Å². The zero-order valence-corrected chi connectivity index (χ0v) is 12.4. The van der Waals surface area contributed by atoms with Gasteiger partial charge in [0.15, 0.2) is 11.6 Å². The fourth-order valence-electron chi connectivity index (χ4n) is 1.70. The fraction of sp³-hybridized carbons (Fsp3) is 0.143. The lowest BCUT2D eigenvalue weighted by atomic mass is 10.1. The van der Waals surface area contributed by atoms with E-state index in [0.29, 0.717) is 10.6 Å². The molecule has 0 saturated heterocycles. The number of hydrogen-bond donors (Lipinski definition) is 1. The van der Waals surface area contributed by atoms with E-state index in [4.69, 9.17) is 11.6 Å². The summed E-state index contributed by atoms with van der Waals surface area (Å²) in [5.74, 6) is -1.69. The largest absolute Gasteiger partial charge is 0.378 e. The smallest absolute Gasteiger partial charge is 0.159 e. The molecule has 0 aromatic heterocycles. The molecule has 1 atom stereocenters. The summed E-state index contributed by atoms with van der Waals surface area (Å²) in [5, 5.41) is 3.81. The van der Waals surface area contributed by atoms with Crippen LogP contribution in [0.3, 0.4) is 0 Å². The average molecular weight is 347 g/mol. The van der Waals surface area contributed by atoms with Crippen LogP contribution in [0.5, 0.6) is 0 Å². The molecule has 1 N–H and O–H groups in total. The van der Waals surface area contributed by atoms with Crippen LogP contribution in [-0.2, 0) is 0 Å². The number of anilines is 1. The third kappa shape index (κ3) is 3.45. The number of halogens is 4. The van der Waals surface area contributed by atoms with Gasteiger partial charge in [0.2, 0.25) is 0 Å². The molecule has 0 aliphatic carbocycles. The van der Waals surface area contributed by atoms with E-state index in [2.05, 4.69) is 21.2 Å². The molecule has 0 aliphatic rings. The molecule has 0 spiro atoms. The molecule has 2 aromatic rings. The van der Waals surface area contributed by atoms with E-state index in [1.54, 1.807) is 12.1 Å². The van der Waals surface area contributed by atoms with Gasteiger partial charge >= 0.3 is 0 Å². The van der Waals surface area contributed by atoms with Crippen LogP contribution in [0.4, 0.5) is 14.5 Å². The standard InChI is InChI=1S/C14H11BrClF2N/c1-8(9-2-5-13(17)14(18)6-9)19-10-3-4-12(16)11(15)7-10/h2-8,19H,1H3. The SMILES string of the molecule is CC(Nc1ccc(Cl)c(Br)c1)c1ccc(F)c(F)c1. The van der Waals surface area contributed by atoms with E-state index in [1.165, 1.54) is 6.07 Å². The molecule has 0 aliphatic heterocycles. The Bertz CT molecular complexity index is 604. The second-order valence-corrected chi connectivity index (χ2v) is 5.43. The molecule has 100 valence electrons. The van der Waals surface area contributed by atoms with Gasteiger partial charge in [-0.1, -0.05) is 17.7 Å². The van der Waals surface area contributed by atoms with Crippen molar-refractivity contribution in [2.45, 2.75) is 13.0 Å². The Balaban J connectivity index is 2.17. The molecule has 0 saturated carbocycles. The number of benzene rings is 2. The molecule has 2 rings (SSSR count). The summed E-state index contributed by atoms with van der Waals surface area (Å²) in [6, 6.07) is 9.14. The second-order valence-electron chi connectivity index (χ2n) is 4.17. The molecule has 19 heavy (non-hydrogen) atoms. The summed E-state index contributed by atoms with van der Waals surface area (Å²) in [5.41, 5.74) is 1.51. The highest BCUT2D eigenvalue weighted by atomic mass is 79.9. The lowest BCUT2D eigenvalue weighted by Gasteiger charge is -2.16. The minimum absolute atomic E-state index is 0.150. The maximum absolute atomic E-state index is 13.2. The quantitative estimate of drug-likeness (QED) is 0.768. The molecule has 1 nitrogen and oxygen atoms in total. The van der Waals surface area contributed by atoms with Gasteiger partial charge in [0, 0.05) is 16.2 Å². The first-order chi connectivity index (χ1) is 8.97. The van der Waals surface area contributed by atoms with Crippen molar-refractivity contribution in [1.82, 2.24) is 0 Å². The van der Waals surface area contributed by atoms with Gasteiger partial charge in [0.1, 0.15) is 0 Å².